The molecule has 0 saturated carbocycles. The minimum atomic E-state index is -0.253. The normalized spacial score (nSPS) is 10.3. The molecular formula is C19H17ClN4O. The summed E-state index contributed by atoms with van der Waals surface area (Å²) in [5.41, 5.74) is 3.27. The number of halogens is 1. The Labute approximate surface area is 151 Å². The van der Waals surface area contributed by atoms with E-state index in [0.717, 1.165) is 11.3 Å². The molecule has 0 aliphatic carbocycles. The number of carbonyl (C=O) groups excluding carboxylic acids is 1. The molecule has 3 aromatic rings. The van der Waals surface area contributed by atoms with Crippen molar-refractivity contribution in [3.63, 3.8) is 0 Å². The van der Waals surface area contributed by atoms with E-state index in [-0.39, 0.29) is 5.91 Å². The van der Waals surface area contributed by atoms with E-state index in [0.29, 0.717) is 23.2 Å². The van der Waals surface area contributed by atoms with E-state index >= 15 is 0 Å². The van der Waals surface area contributed by atoms with Crippen molar-refractivity contribution in [1.82, 2.24) is 15.3 Å². The Morgan fingerprint density at radius 3 is 2.68 bits per heavy atom. The zero-order valence-corrected chi connectivity index (χ0v) is 14.4. The number of benzene rings is 2. The Balaban J connectivity index is 1.65. The molecular weight excluding hydrogens is 336 g/mol. The number of aromatic nitrogens is 2. The van der Waals surface area contributed by atoms with Gasteiger partial charge in [0.2, 0.25) is 5.95 Å². The van der Waals surface area contributed by atoms with Crippen molar-refractivity contribution in [1.29, 1.82) is 0 Å². The fraction of sp³-hybridized carbons (Fsp3) is 0.105. The van der Waals surface area contributed by atoms with Crippen LogP contribution < -0.4 is 10.6 Å². The van der Waals surface area contributed by atoms with Crippen LogP contribution >= 0.6 is 11.6 Å². The molecule has 2 aromatic carbocycles. The van der Waals surface area contributed by atoms with Crippen LogP contribution in [0.5, 0.6) is 0 Å². The number of rotatable bonds is 5. The summed E-state index contributed by atoms with van der Waals surface area (Å²) in [6.45, 7) is 2.47. The molecule has 0 bridgehead atoms. The molecule has 2 N–H and O–H groups in total. The topological polar surface area (TPSA) is 66.9 Å². The zero-order valence-electron chi connectivity index (χ0n) is 13.7. The van der Waals surface area contributed by atoms with Gasteiger partial charge in [0.15, 0.2) is 0 Å². The summed E-state index contributed by atoms with van der Waals surface area (Å²) in [6.07, 6.45) is 1.54. The van der Waals surface area contributed by atoms with Crippen LogP contribution in [-0.4, -0.2) is 15.9 Å². The quantitative estimate of drug-likeness (QED) is 0.725. The predicted octanol–water partition coefficient (Wildman–Crippen LogP) is 4.11. The number of anilines is 2. The lowest BCUT2D eigenvalue weighted by Crippen LogP contribution is -2.24. The lowest BCUT2D eigenvalue weighted by atomic mass is 10.1. The van der Waals surface area contributed by atoms with Gasteiger partial charge >= 0.3 is 0 Å². The van der Waals surface area contributed by atoms with E-state index in [1.807, 2.05) is 43.3 Å². The number of hydrogen-bond acceptors (Lipinski definition) is 4. The molecule has 0 fully saturated rings. The van der Waals surface area contributed by atoms with Crippen LogP contribution in [0.25, 0.3) is 0 Å². The van der Waals surface area contributed by atoms with Crippen LogP contribution in [0.2, 0.25) is 5.02 Å². The maximum atomic E-state index is 12.3. The van der Waals surface area contributed by atoms with Crippen molar-refractivity contribution < 1.29 is 4.79 Å². The fourth-order valence-electron chi connectivity index (χ4n) is 2.22. The van der Waals surface area contributed by atoms with Crippen molar-refractivity contribution in [2.45, 2.75) is 13.5 Å². The highest BCUT2D eigenvalue weighted by atomic mass is 35.5. The summed E-state index contributed by atoms with van der Waals surface area (Å²) in [5, 5.41) is 6.50. The molecule has 0 atom stereocenters. The van der Waals surface area contributed by atoms with E-state index in [9.17, 15) is 4.79 Å². The predicted molar refractivity (Wildman–Crippen MR) is 99.1 cm³/mol. The first-order chi connectivity index (χ1) is 12.1. The number of aryl methyl sites for hydroxylation is 1. The third-order valence-corrected chi connectivity index (χ3v) is 3.78. The van der Waals surface area contributed by atoms with E-state index < -0.39 is 0 Å². The van der Waals surface area contributed by atoms with Gasteiger partial charge in [-0.1, -0.05) is 47.5 Å². The second kappa shape index (κ2) is 7.77. The second-order valence-electron chi connectivity index (χ2n) is 5.57. The molecule has 0 aliphatic rings. The highest BCUT2D eigenvalue weighted by Crippen LogP contribution is 2.17. The summed E-state index contributed by atoms with van der Waals surface area (Å²) >= 11 is 5.96. The van der Waals surface area contributed by atoms with Gasteiger partial charge in [0.1, 0.15) is 5.69 Å². The first kappa shape index (κ1) is 16.9. The molecule has 3 rings (SSSR count). The van der Waals surface area contributed by atoms with Gasteiger partial charge in [-0.05, 0) is 36.8 Å². The number of nitrogens with zero attached hydrogens (tertiary/aromatic N) is 2. The van der Waals surface area contributed by atoms with Crippen LogP contribution in [0.1, 0.15) is 21.6 Å². The molecule has 0 saturated heterocycles. The number of amides is 1. The first-order valence-electron chi connectivity index (χ1n) is 7.79. The summed E-state index contributed by atoms with van der Waals surface area (Å²) in [6, 6.07) is 16.8. The van der Waals surface area contributed by atoms with Crippen molar-refractivity contribution in [3.8, 4) is 0 Å². The average Bonchev–Trinajstić information content (AvgIpc) is 2.61. The number of nitrogens with one attached hydrogen (secondary N) is 2. The molecule has 5 nitrogen and oxygen atoms in total. The second-order valence-corrected chi connectivity index (χ2v) is 6.01. The highest BCUT2D eigenvalue weighted by molar-refractivity contribution is 6.30. The monoisotopic (exact) mass is 352 g/mol. The zero-order chi connectivity index (χ0) is 17.6. The molecule has 0 radical (unpaired) electrons. The molecule has 126 valence electrons. The molecule has 0 aliphatic heterocycles. The molecule has 25 heavy (non-hydrogen) atoms. The Kier molecular flexibility index (Phi) is 5.26. The average molecular weight is 353 g/mol. The fourth-order valence-corrected chi connectivity index (χ4v) is 2.41. The number of hydrogen-bond donors (Lipinski definition) is 2. The summed E-state index contributed by atoms with van der Waals surface area (Å²) < 4.78 is 0. The Morgan fingerprint density at radius 2 is 1.92 bits per heavy atom. The lowest BCUT2D eigenvalue weighted by Gasteiger charge is -2.08. The van der Waals surface area contributed by atoms with Gasteiger partial charge in [-0.3, -0.25) is 4.79 Å². The van der Waals surface area contributed by atoms with E-state index in [1.165, 1.54) is 5.56 Å². The Bertz CT molecular complexity index is 881. The van der Waals surface area contributed by atoms with Crippen LogP contribution in [0.15, 0.2) is 60.8 Å². The number of carbonyl (C=O) groups is 1. The van der Waals surface area contributed by atoms with Crippen LogP contribution in [0.3, 0.4) is 0 Å². The molecule has 1 aromatic heterocycles. The maximum Gasteiger partial charge on any atom is 0.270 e. The Hall–Kier alpha value is -2.92. The molecule has 0 spiro atoms. The summed E-state index contributed by atoms with van der Waals surface area (Å²) in [4.78, 5) is 20.7. The van der Waals surface area contributed by atoms with E-state index in [4.69, 9.17) is 11.6 Å². The minimum Gasteiger partial charge on any atom is -0.347 e. The minimum absolute atomic E-state index is 0.253. The van der Waals surface area contributed by atoms with Gasteiger partial charge in [0, 0.05) is 23.5 Å². The van der Waals surface area contributed by atoms with Gasteiger partial charge in [-0.2, -0.15) is 0 Å². The van der Waals surface area contributed by atoms with Crippen molar-refractivity contribution in [2.75, 3.05) is 5.32 Å². The Morgan fingerprint density at radius 1 is 1.12 bits per heavy atom. The van der Waals surface area contributed by atoms with Gasteiger partial charge in [0.25, 0.3) is 5.91 Å². The largest absolute Gasteiger partial charge is 0.347 e. The smallest absolute Gasteiger partial charge is 0.270 e. The molecule has 0 unspecified atom stereocenters. The SMILES string of the molecule is Cc1ccc(CNC(=O)c2ccnc(Nc3cccc(Cl)c3)n2)cc1. The van der Waals surface area contributed by atoms with Crippen LogP contribution in [-0.2, 0) is 6.54 Å². The van der Waals surface area contributed by atoms with Gasteiger partial charge in [-0.15, -0.1) is 0 Å². The standard InChI is InChI=1S/C19H17ClN4O/c1-13-5-7-14(8-6-13)12-22-18(25)17-9-10-21-19(24-17)23-16-4-2-3-15(20)11-16/h2-11H,12H2,1H3,(H,22,25)(H,21,23,24). The van der Waals surface area contributed by atoms with Gasteiger partial charge in [0.05, 0.1) is 0 Å². The van der Waals surface area contributed by atoms with E-state index in [1.54, 1.807) is 24.4 Å². The van der Waals surface area contributed by atoms with Gasteiger partial charge < -0.3 is 10.6 Å². The van der Waals surface area contributed by atoms with Crippen molar-refractivity contribution >= 4 is 29.1 Å². The van der Waals surface area contributed by atoms with Crippen LogP contribution in [0, 0.1) is 6.92 Å². The van der Waals surface area contributed by atoms with Crippen LogP contribution in [0.4, 0.5) is 11.6 Å². The van der Waals surface area contributed by atoms with Crippen molar-refractivity contribution in [2.24, 2.45) is 0 Å². The lowest BCUT2D eigenvalue weighted by molar-refractivity contribution is 0.0946. The van der Waals surface area contributed by atoms with Gasteiger partial charge in [-0.25, -0.2) is 9.97 Å². The summed E-state index contributed by atoms with van der Waals surface area (Å²) in [7, 11) is 0. The van der Waals surface area contributed by atoms with E-state index in [2.05, 4.69) is 20.6 Å². The first-order valence-corrected chi connectivity index (χ1v) is 8.17. The maximum absolute atomic E-state index is 12.3. The third kappa shape index (κ3) is 4.78. The highest BCUT2D eigenvalue weighted by Gasteiger charge is 2.09. The van der Waals surface area contributed by atoms with Crippen molar-refractivity contribution in [3.05, 3.63) is 82.6 Å². The summed E-state index contributed by atoms with van der Waals surface area (Å²) in [5.74, 6) is 0.0855. The molecule has 6 heteroatoms. The third-order valence-electron chi connectivity index (χ3n) is 3.54. The molecule has 1 amide bonds. The molecule has 1 heterocycles.